The Labute approximate surface area is 109 Å². The number of aliphatic hydroxyl groups is 3. The maximum atomic E-state index is 11.3. The van der Waals surface area contributed by atoms with E-state index in [4.69, 9.17) is 15.6 Å². The van der Waals surface area contributed by atoms with Gasteiger partial charge in [-0.3, -0.25) is 9.59 Å². The number of amides is 2. The molecule has 1 aliphatic rings. The highest BCUT2D eigenvalue weighted by molar-refractivity contribution is 5.78. The summed E-state index contributed by atoms with van der Waals surface area (Å²) < 4.78 is 5.24. The first-order valence-corrected chi connectivity index (χ1v) is 5.79. The van der Waals surface area contributed by atoms with Gasteiger partial charge in [0.25, 0.3) is 0 Å². The average Bonchev–Trinajstić information content (AvgIpc) is 2.37. The van der Waals surface area contributed by atoms with Crippen LogP contribution in [0.15, 0.2) is 0 Å². The molecule has 5 unspecified atom stereocenters. The molecule has 0 radical (unpaired) electrons. The second-order valence-corrected chi connectivity index (χ2v) is 4.26. The summed E-state index contributed by atoms with van der Waals surface area (Å²) in [5.41, 5.74) is 5.15. The first-order valence-electron chi connectivity index (χ1n) is 5.79. The number of aliphatic hydroxyl groups excluding tert-OH is 3. The van der Waals surface area contributed by atoms with E-state index in [0.717, 1.165) is 0 Å². The minimum absolute atomic E-state index is 0.297. The minimum atomic E-state index is -1.39. The fraction of sp³-hybridized carbons (Fsp3) is 0.800. The summed E-state index contributed by atoms with van der Waals surface area (Å²) in [5, 5.41) is 33.4. The van der Waals surface area contributed by atoms with Gasteiger partial charge in [-0.05, 0) is 0 Å². The van der Waals surface area contributed by atoms with Crippen molar-refractivity contribution < 1.29 is 29.6 Å². The summed E-state index contributed by atoms with van der Waals surface area (Å²) >= 11 is 0. The van der Waals surface area contributed by atoms with Crippen molar-refractivity contribution in [2.24, 2.45) is 5.73 Å². The lowest BCUT2D eigenvalue weighted by atomic mass is 9.96. The summed E-state index contributed by atoms with van der Waals surface area (Å²) in [4.78, 5) is 22.3. The van der Waals surface area contributed by atoms with Crippen molar-refractivity contribution in [3.05, 3.63) is 0 Å². The van der Waals surface area contributed by atoms with Crippen LogP contribution in [0, 0.1) is 0 Å². The zero-order chi connectivity index (χ0) is 14.6. The fourth-order valence-electron chi connectivity index (χ4n) is 1.85. The van der Waals surface area contributed by atoms with Gasteiger partial charge in [-0.15, -0.1) is 0 Å². The predicted molar refractivity (Wildman–Crippen MR) is 62.6 cm³/mol. The van der Waals surface area contributed by atoms with Crippen LogP contribution in [0.2, 0.25) is 0 Å². The van der Waals surface area contributed by atoms with Gasteiger partial charge in [0.1, 0.15) is 24.4 Å². The van der Waals surface area contributed by atoms with Gasteiger partial charge in [-0.1, -0.05) is 0 Å². The highest BCUT2D eigenvalue weighted by Crippen LogP contribution is 2.19. The van der Waals surface area contributed by atoms with Gasteiger partial charge < -0.3 is 36.4 Å². The predicted octanol–water partition coefficient (Wildman–Crippen LogP) is -3.99. The molecule has 0 bridgehead atoms. The van der Waals surface area contributed by atoms with Crippen LogP contribution in [0.5, 0.6) is 0 Å². The van der Waals surface area contributed by atoms with Gasteiger partial charge in [-0.2, -0.15) is 0 Å². The number of nitrogens with two attached hydrogens (primary N) is 1. The number of carbonyl (C=O) groups excluding carboxylic acids is 2. The SMILES string of the molecule is CC(=O)NC1C(NC(=O)CN)OC(CO)C(O)C1O. The van der Waals surface area contributed by atoms with Gasteiger partial charge >= 0.3 is 0 Å². The molecule has 9 nitrogen and oxygen atoms in total. The van der Waals surface area contributed by atoms with Crippen LogP contribution >= 0.6 is 0 Å². The monoisotopic (exact) mass is 277 g/mol. The maximum absolute atomic E-state index is 11.3. The van der Waals surface area contributed by atoms with Crippen molar-refractivity contribution in [2.75, 3.05) is 13.2 Å². The second kappa shape index (κ2) is 6.78. The largest absolute Gasteiger partial charge is 0.394 e. The Morgan fingerprint density at radius 2 is 1.89 bits per heavy atom. The highest BCUT2D eigenvalue weighted by Gasteiger charge is 2.45. The number of hydrogen-bond donors (Lipinski definition) is 6. The van der Waals surface area contributed by atoms with E-state index in [9.17, 15) is 19.8 Å². The van der Waals surface area contributed by atoms with E-state index in [2.05, 4.69) is 10.6 Å². The molecule has 19 heavy (non-hydrogen) atoms. The molecule has 0 aromatic rings. The molecule has 0 aromatic carbocycles. The van der Waals surface area contributed by atoms with E-state index >= 15 is 0 Å². The number of hydrogen-bond acceptors (Lipinski definition) is 7. The van der Waals surface area contributed by atoms with E-state index in [-0.39, 0.29) is 6.54 Å². The molecule has 1 fully saturated rings. The Morgan fingerprint density at radius 3 is 2.37 bits per heavy atom. The Balaban J connectivity index is 2.86. The van der Waals surface area contributed by atoms with Gasteiger partial charge in [0.05, 0.1) is 13.2 Å². The van der Waals surface area contributed by atoms with E-state index in [0.29, 0.717) is 0 Å². The lowest BCUT2D eigenvalue weighted by molar-refractivity contribution is -0.203. The summed E-state index contributed by atoms with van der Waals surface area (Å²) in [7, 11) is 0. The molecule has 1 rings (SSSR count). The van der Waals surface area contributed by atoms with Crippen LogP contribution < -0.4 is 16.4 Å². The lowest BCUT2D eigenvalue weighted by Gasteiger charge is -2.42. The van der Waals surface area contributed by atoms with Crippen LogP contribution in [-0.4, -0.2) is 70.9 Å². The summed E-state index contributed by atoms with van der Waals surface area (Å²) in [6.45, 7) is 0.383. The molecule has 7 N–H and O–H groups in total. The molecular formula is C10H19N3O6. The molecule has 1 saturated heterocycles. The molecule has 9 heteroatoms. The smallest absolute Gasteiger partial charge is 0.235 e. The third-order valence-electron chi connectivity index (χ3n) is 2.78. The quantitative estimate of drug-likeness (QED) is 0.306. The van der Waals surface area contributed by atoms with Crippen LogP contribution in [0.1, 0.15) is 6.92 Å². The fourth-order valence-corrected chi connectivity index (χ4v) is 1.85. The molecule has 0 spiro atoms. The molecule has 1 aliphatic heterocycles. The first kappa shape index (κ1) is 15.8. The Hall–Kier alpha value is -1.26. The third kappa shape index (κ3) is 3.85. The highest BCUT2D eigenvalue weighted by atomic mass is 16.5. The van der Waals surface area contributed by atoms with Gasteiger partial charge in [0.15, 0.2) is 6.23 Å². The molecule has 0 saturated carbocycles. The molecule has 0 aromatic heterocycles. The Morgan fingerprint density at radius 1 is 1.26 bits per heavy atom. The van der Waals surface area contributed by atoms with Gasteiger partial charge in [-0.25, -0.2) is 0 Å². The van der Waals surface area contributed by atoms with E-state index in [1.54, 1.807) is 0 Å². The van der Waals surface area contributed by atoms with Crippen LogP contribution in [0.4, 0.5) is 0 Å². The second-order valence-electron chi connectivity index (χ2n) is 4.26. The van der Waals surface area contributed by atoms with Crippen LogP contribution in [-0.2, 0) is 14.3 Å². The molecular weight excluding hydrogens is 258 g/mol. The van der Waals surface area contributed by atoms with Gasteiger partial charge in [0.2, 0.25) is 11.8 Å². The summed E-state index contributed by atoms with van der Waals surface area (Å²) in [6, 6.07) is -1.04. The molecule has 5 atom stereocenters. The number of ether oxygens (including phenoxy) is 1. The van der Waals surface area contributed by atoms with E-state index in [1.807, 2.05) is 0 Å². The van der Waals surface area contributed by atoms with Crippen LogP contribution in [0.25, 0.3) is 0 Å². The van der Waals surface area contributed by atoms with Crippen molar-refractivity contribution in [2.45, 2.75) is 37.5 Å². The summed E-state index contributed by atoms with van der Waals surface area (Å²) in [6.07, 6.45) is -4.93. The average molecular weight is 277 g/mol. The molecule has 110 valence electrons. The van der Waals surface area contributed by atoms with Crippen molar-refractivity contribution in [1.82, 2.24) is 10.6 Å². The molecule has 0 aliphatic carbocycles. The van der Waals surface area contributed by atoms with Crippen molar-refractivity contribution in [1.29, 1.82) is 0 Å². The lowest BCUT2D eigenvalue weighted by Crippen LogP contribution is -2.68. The van der Waals surface area contributed by atoms with Gasteiger partial charge in [0, 0.05) is 6.92 Å². The number of nitrogens with one attached hydrogen (secondary N) is 2. The Bertz CT molecular complexity index is 339. The standard InChI is InChI=1S/C10H19N3O6/c1-4(15)12-7-9(18)8(17)5(3-14)19-10(7)13-6(16)2-11/h5,7-10,14,17-18H,2-3,11H2,1H3,(H,12,15)(H,13,16). The third-order valence-corrected chi connectivity index (χ3v) is 2.78. The molecule has 2 amide bonds. The normalized spacial score (nSPS) is 34.7. The molecule has 1 heterocycles. The van der Waals surface area contributed by atoms with Crippen molar-refractivity contribution >= 4 is 11.8 Å². The first-order chi connectivity index (χ1) is 8.90. The topological polar surface area (TPSA) is 154 Å². The zero-order valence-corrected chi connectivity index (χ0v) is 10.4. The van der Waals surface area contributed by atoms with E-state index < -0.39 is 49.0 Å². The number of rotatable bonds is 4. The van der Waals surface area contributed by atoms with Crippen LogP contribution in [0.3, 0.4) is 0 Å². The zero-order valence-electron chi connectivity index (χ0n) is 10.4. The van der Waals surface area contributed by atoms with Crippen molar-refractivity contribution in [3.63, 3.8) is 0 Å². The Kier molecular flexibility index (Phi) is 5.63. The maximum Gasteiger partial charge on any atom is 0.235 e. The van der Waals surface area contributed by atoms with Crippen molar-refractivity contribution in [3.8, 4) is 0 Å². The summed E-state index contributed by atoms with van der Waals surface area (Å²) in [5.74, 6) is -1.02. The number of carbonyl (C=O) groups is 2. The minimum Gasteiger partial charge on any atom is -0.394 e. The van der Waals surface area contributed by atoms with E-state index in [1.165, 1.54) is 6.92 Å².